The van der Waals surface area contributed by atoms with Crippen molar-refractivity contribution in [1.29, 1.82) is 0 Å². The van der Waals surface area contributed by atoms with E-state index in [-0.39, 0.29) is 18.3 Å². The third kappa shape index (κ3) is 3.24. The van der Waals surface area contributed by atoms with Crippen molar-refractivity contribution >= 4 is 19.0 Å². The Hall–Kier alpha value is 0.460. The van der Waals surface area contributed by atoms with Crippen LogP contribution in [0.25, 0.3) is 0 Å². The van der Waals surface area contributed by atoms with Gasteiger partial charge < -0.3 is 9.26 Å². The van der Waals surface area contributed by atoms with Crippen LogP contribution in [0.15, 0.2) is 0 Å². The molecule has 6 heteroatoms. The predicted molar refractivity (Wildman–Crippen MR) is 57.7 cm³/mol. The van der Waals surface area contributed by atoms with Crippen LogP contribution in [-0.4, -0.2) is 25.4 Å². The summed E-state index contributed by atoms with van der Waals surface area (Å²) in [5.41, 5.74) is 0. The summed E-state index contributed by atoms with van der Waals surface area (Å²) in [6.07, 6.45) is 1.56. The molecule has 1 saturated heterocycles. The molecule has 0 aliphatic carbocycles. The van der Waals surface area contributed by atoms with Crippen LogP contribution < -0.4 is 0 Å². The largest absolute Gasteiger partial charge is 0.386 e. The number of rotatable bonds is 4. The first kappa shape index (κ1) is 12.5. The number of hydrogen-bond donors (Lipinski definition) is 1. The summed E-state index contributed by atoms with van der Waals surface area (Å²) in [5.74, 6) is 0. The van der Waals surface area contributed by atoms with Crippen molar-refractivity contribution < 1.29 is 18.3 Å². The van der Waals surface area contributed by atoms with Gasteiger partial charge in [-0.1, -0.05) is 19.2 Å². The minimum Gasteiger partial charge on any atom is -0.372 e. The summed E-state index contributed by atoms with van der Waals surface area (Å²) >= 11 is 3.83. The Morgan fingerprint density at radius 1 is 1.64 bits per heavy atom. The van der Waals surface area contributed by atoms with Gasteiger partial charge in [0.25, 0.3) is 0 Å². The highest BCUT2D eigenvalue weighted by atomic mass is 32.7. The molecule has 0 aromatic carbocycles. The second-order valence-electron chi connectivity index (χ2n) is 3.42. The van der Waals surface area contributed by atoms with Crippen molar-refractivity contribution in [1.82, 2.24) is 0 Å². The molecule has 0 radical (unpaired) electrons. The van der Waals surface area contributed by atoms with E-state index >= 15 is 0 Å². The number of thiol groups is 1. The Kier molecular flexibility index (Phi) is 4.47. The predicted octanol–water partition coefficient (Wildman–Crippen LogP) is 2.64. The molecule has 0 aromatic heterocycles. The van der Waals surface area contributed by atoms with Gasteiger partial charge in [-0.15, -0.1) is 0 Å². The van der Waals surface area contributed by atoms with Crippen molar-refractivity contribution in [2.24, 2.45) is 0 Å². The third-order valence-electron chi connectivity index (χ3n) is 2.29. The quantitative estimate of drug-likeness (QED) is 0.606. The van der Waals surface area contributed by atoms with Crippen molar-refractivity contribution in [2.75, 3.05) is 7.11 Å². The van der Waals surface area contributed by atoms with Gasteiger partial charge in [0.15, 0.2) is 0 Å². The highest BCUT2D eigenvalue weighted by Gasteiger charge is 2.36. The van der Waals surface area contributed by atoms with E-state index in [1.165, 1.54) is 7.11 Å². The molecule has 1 aliphatic heterocycles. The lowest BCUT2D eigenvalue weighted by Gasteiger charge is -2.19. The zero-order valence-electron chi connectivity index (χ0n) is 8.67. The lowest BCUT2D eigenvalue weighted by atomic mass is 10.1. The highest BCUT2D eigenvalue weighted by Crippen LogP contribution is 2.54. The summed E-state index contributed by atoms with van der Waals surface area (Å²) in [6.45, 7) is 0.798. The van der Waals surface area contributed by atoms with Crippen LogP contribution in [0.5, 0.6) is 0 Å². The van der Waals surface area contributed by atoms with E-state index in [2.05, 4.69) is 16.8 Å². The minimum absolute atomic E-state index is 0.000579. The first-order valence-electron chi connectivity index (χ1n) is 4.71. The van der Waals surface area contributed by atoms with E-state index in [1.807, 2.05) is 13.8 Å². The Morgan fingerprint density at radius 2 is 2.29 bits per heavy atom. The summed E-state index contributed by atoms with van der Waals surface area (Å²) < 4.78 is 27.0. The Labute approximate surface area is 90.0 Å². The van der Waals surface area contributed by atoms with Gasteiger partial charge in [-0.2, -0.15) is 0 Å². The molecule has 0 bridgehead atoms. The molecule has 1 heterocycles. The van der Waals surface area contributed by atoms with Gasteiger partial charge >= 0.3 is 6.80 Å². The van der Waals surface area contributed by atoms with Gasteiger partial charge in [0, 0.05) is 13.5 Å². The number of ether oxygens (including phenoxy) is 1. The minimum atomic E-state index is -3.19. The second-order valence-corrected chi connectivity index (χ2v) is 6.41. The SMILES string of the molecule is CC[C@H]1O[C@@H](C)CC1OP(=O)(S)OC. The molecule has 1 fully saturated rings. The molecule has 0 N–H and O–H groups in total. The summed E-state index contributed by atoms with van der Waals surface area (Å²) in [5, 5.41) is 0. The average molecular weight is 240 g/mol. The standard InChI is InChI=1S/C8H17O4PS/c1-4-7-8(5-6(2)11-7)12-13(9,14)10-3/h6-8H,4-5H2,1-3H3,(H,9,14)/t6-,7+,8?,13?/m0/s1. The smallest absolute Gasteiger partial charge is 0.372 e. The molecule has 0 aromatic rings. The molecular weight excluding hydrogens is 223 g/mol. The zero-order chi connectivity index (χ0) is 10.8. The second kappa shape index (κ2) is 4.99. The molecule has 4 nitrogen and oxygen atoms in total. The van der Waals surface area contributed by atoms with Crippen molar-refractivity contribution in [3.8, 4) is 0 Å². The molecular formula is C8H17O4PS. The fourth-order valence-electron chi connectivity index (χ4n) is 1.60. The van der Waals surface area contributed by atoms with E-state index < -0.39 is 6.80 Å². The van der Waals surface area contributed by atoms with E-state index in [9.17, 15) is 4.57 Å². The molecule has 0 amide bonds. The van der Waals surface area contributed by atoms with Gasteiger partial charge in [0.05, 0.1) is 18.3 Å². The average Bonchev–Trinajstić information content (AvgIpc) is 2.45. The molecule has 1 rings (SSSR count). The van der Waals surface area contributed by atoms with Crippen LogP contribution in [0.3, 0.4) is 0 Å². The van der Waals surface area contributed by atoms with Crippen LogP contribution in [0.2, 0.25) is 0 Å². The Balaban J connectivity index is 2.55. The Morgan fingerprint density at radius 3 is 2.79 bits per heavy atom. The van der Waals surface area contributed by atoms with Crippen LogP contribution >= 0.6 is 19.0 Å². The normalized spacial score (nSPS) is 37.0. The zero-order valence-corrected chi connectivity index (χ0v) is 10.5. The van der Waals surface area contributed by atoms with Crippen molar-refractivity contribution in [2.45, 2.75) is 45.0 Å². The Bertz CT molecular complexity index is 235. The molecule has 4 atom stereocenters. The molecule has 0 spiro atoms. The molecule has 2 unspecified atom stereocenters. The maximum atomic E-state index is 11.5. The fourth-order valence-corrected chi connectivity index (χ4v) is 2.62. The first-order valence-corrected chi connectivity index (χ1v) is 7.40. The van der Waals surface area contributed by atoms with E-state index in [4.69, 9.17) is 9.26 Å². The fraction of sp³-hybridized carbons (Fsp3) is 1.00. The van der Waals surface area contributed by atoms with Crippen molar-refractivity contribution in [3.05, 3.63) is 0 Å². The highest BCUT2D eigenvalue weighted by molar-refractivity contribution is 8.44. The summed E-state index contributed by atoms with van der Waals surface area (Å²) in [4.78, 5) is 0. The maximum Gasteiger partial charge on any atom is 0.386 e. The monoisotopic (exact) mass is 240 g/mol. The maximum absolute atomic E-state index is 11.5. The van der Waals surface area contributed by atoms with Crippen LogP contribution in [0, 0.1) is 0 Å². The summed E-state index contributed by atoms with van der Waals surface area (Å²) in [7, 11) is 1.33. The molecule has 14 heavy (non-hydrogen) atoms. The number of hydrogen-bond acceptors (Lipinski definition) is 4. The van der Waals surface area contributed by atoms with E-state index in [0.29, 0.717) is 0 Å². The third-order valence-corrected chi connectivity index (χ3v) is 4.06. The van der Waals surface area contributed by atoms with E-state index in [0.717, 1.165) is 12.8 Å². The van der Waals surface area contributed by atoms with Crippen LogP contribution in [-0.2, 0) is 18.3 Å². The molecule has 84 valence electrons. The van der Waals surface area contributed by atoms with Gasteiger partial charge in [-0.3, -0.25) is 4.52 Å². The van der Waals surface area contributed by atoms with Gasteiger partial charge in [-0.05, 0) is 13.3 Å². The molecule has 1 aliphatic rings. The lowest BCUT2D eigenvalue weighted by Crippen LogP contribution is -2.22. The van der Waals surface area contributed by atoms with Crippen LogP contribution in [0.1, 0.15) is 26.7 Å². The van der Waals surface area contributed by atoms with E-state index in [1.54, 1.807) is 0 Å². The lowest BCUT2D eigenvalue weighted by molar-refractivity contribution is 0.0195. The van der Waals surface area contributed by atoms with Gasteiger partial charge in [0.2, 0.25) is 0 Å². The van der Waals surface area contributed by atoms with Gasteiger partial charge in [-0.25, -0.2) is 4.57 Å². The van der Waals surface area contributed by atoms with Crippen LogP contribution in [0.4, 0.5) is 0 Å². The van der Waals surface area contributed by atoms with Gasteiger partial charge in [0.1, 0.15) is 0 Å². The molecule has 0 saturated carbocycles. The summed E-state index contributed by atoms with van der Waals surface area (Å²) in [6, 6.07) is 0. The first-order chi connectivity index (χ1) is 6.48. The van der Waals surface area contributed by atoms with Crippen molar-refractivity contribution in [3.63, 3.8) is 0 Å². The topological polar surface area (TPSA) is 44.8 Å².